The number of halogens is 3. The van der Waals surface area contributed by atoms with Gasteiger partial charge in [0, 0.05) is 13.6 Å². The molecular weight excluding hydrogens is 303 g/mol. The summed E-state index contributed by atoms with van der Waals surface area (Å²) in [5.41, 5.74) is -0.600. The number of carbonyl (C=O) groups excluding carboxylic acids is 1. The predicted octanol–water partition coefficient (Wildman–Crippen LogP) is 1.08. The third-order valence-electron chi connectivity index (χ3n) is 3.33. The Labute approximate surface area is 122 Å². The van der Waals surface area contributed by atoms with Crippen molar-refractivity contribution in [3.63, 3.8) is 0 Å². The van der Waals surface area contributed by atoms with Gasteiger partial charge in [-0.3, -0.25) is 10.00 Å². The molecule has 0 aromatic carbocycles. The van der Waals surface area contributed by atoms with Crippen molar-refractivity contribution in [1.29, 1.82) is 0 Å². The van der Waals surface area contributed by atoms with Gasteiger partial charge in [-0.1, -0.05) is 5.21 Å². The summed E-state index contributed by atoms with van der Waals surface area (Å²) in [6.07, 6.45) is -3.11. The topological polar surface area (TPSA) is 80.9 Å². The van der Waals surface area contributed by atoms with Gasteiger partial charge in [-0.2, -0.15) is 18.3 Å². The van der Waals surface area contributed by atoms with Crippen molar-refractivity contribution >= 4 is 11.8 Å². The number of nitrogens with zero attached hydrogens (tertiary/aromatic N) is 6. The van der Waals surface area contributed by atoms with Gasteiger partial charge in [0.2, 0.25) is 0 Å². The van der Waals surface area contributed by atoms with Gasteiger partial charge in [-0.25, -0.2) is 9.48 Å². The van der Waals surface area contributed by atoms with Crippen LogP contribution in [-0.2, 0) is 26.3 Å². The second kappa shape index (κ2) is 5.00. The summed E-state index contributed by atoms with van der Waals surface area (Å²) in [5, 5.41) is 13.4. The Morgan fingerprint density at radius 2 is 2.14 bits per heavy atom. The molecule has 11 heteroatoms. The van der Waals surface area contributed by atoms with Gasteiger partial charge in [0.1, 0.15) is 0 Å². The molecule has 2 aromatic heterocycles. The number of anilines is 1. The Morgan fingerprint density at radius 3 is 2.77 bits per heavy atom. The van der Waals surface area contributed by atoms with Crippen molar-refractivity contribution in [2.45, 2.75) is 19.3 Å². The molecule has 0 fully saturated rings. The number of aryl methyl sites for hydroxylation is 1. The summed E-state index contributed by atoms with van der Waals surface area (Å²) in [4.78, 5) is 13.5. The fourth-order valence-corrected chi connectivity index (χ4v) is 2.17. The number of aromatic nitrogens is 5. The Hall–Kier alpha value is -2.59. The first-order valence-electron chi connectivity index (χ1n) is 6.39. The van der Waals surface area contributed by atoms with Gasteiger partial charge in [0.05, 0.1) is 25.0 Å². The molecule has 2 amide bonds. The van der Waals surface area contributed by atoms with Crippen molar-refractivity contribution in [3.05, 3.63) is 23.7 Å². The van der Waals surface area contributed by atoms with Gasteiger partial charge >= 0.3 is 12.2 Å². The zero-order valence-electron chi connectivity index (χ0n) is 11.5. The molecule has 0 unspecified atom stereocenters. The Morgan fingerprint density at radius 1 is 1.36 bits per heavy atom. The molecular formula is C11H12F3N7O. The average Bonchev–Trinajstić information content (AvgIpc) is 3.04. The van der Waals surface area contributed by atoms with Crippen LogP contribution in [0.3, 0.4) is 0 Å². The summed E-state index contributed by atoms with van der Waals surface area (Å²) in [6.45, 7) is 0.533. The van der Waals surface area contributed by atoms with Crippen LogP contribution in [0.25, 0.3) is 0 Å². The molecule has 0 saturated carbocycles. The zero-order valence-corrected chi connectivity index (χ0v) is 11.5. The SMILES string of the molecule is Cn1nncc1NC(=O)N1CCn2nc(C(F)(F)F)cc2C1. The third kappa shape index (κ3) is 2.61. The van der Waals surface area contributed by atoms with E-state index >= 15 is 0 Å². The summed E-state index contributed by atoms with van der Waals surface area (Å²) in [5.74, 6) is 0.403. The second-order valence-electron chi connectivity index (χ2n) is 4.84. The molecule has 8 nitrogen and oxygen atoms in total. The Balaban J connectivity index is 1.72. The highest BCUT2D eigenvalue weighted by molar-refractivity contribution is 5.88. The summed E-state index contributed by atoms with van der Waals surface area (Å²) < 4.78 is 40.6. The van der Waals surface area contributed by atoms with E-state index in [1.54, 1.807) is 7.05 Å². The fraction of sp³-hybridized carbons (Fsp3) is 0.455. The van der Waals surface area contributed by atoms with E-state index < -0.39 is 17.9 Å². The number of amides is 2. The number of nitrogens with one attached hydrogen (secondary N) is 1. The molecule has 2 aromatic rings. The van der Waals surface area contributed by atoms with E-state index in [2.05, 4.69) is 20.7 Å². The van der Waals surface area contributed by atoms with Gasteiger partial charge in [0.15, 0.2) is 11.5 Å². The molecule has 0 radical (unpaired) electrons. The van der Waals surface area contributed by atoms with Crippen LogP contribution in [0.1, 0.15) is 11.4 Å². The highest BCUT2D eigenvalue weighted by atomic mass is 19.4. The van der Waals surface area contributed by atoms with Crippen molar-refractivity contribution in [3.8, 4) is 0 Å². The molecule has 1 aliphatic rings. The number of hydrogen-bond donors (Lipinski definition) is 1. The Bertz CT molecular complexity index is 705. The molecule has 0 spiro atoms. The first-order chi connectivity index (χ1) is 10.3. The van der Waals surface area contributed by atoms with E-state index in [-0.39, 0.29) is 19.6 Å². The molecule has 3 rings (SSSR count). The van der Waals surface area contributed by atoms with Gasteiger partial charge in [0.25, 0.3) is 0 Å². The molecule has 0 saturated heterocycles. The summed E-state index contributed by atoms with van der Waals surface area (Å²) in [6, 6.07) is 0.539. The molecule has 3 heterocycles. The molecule has 0 atom stereocenters. The van der Waals surface area contributed by atoms with Gasteiger partial charge < -0.3 is 4.90 Å². The standard InChI is InChI=1S/C11H12F3N7O/c1-19-9(5-15-18-19)16-10(22)20-2-3-21-7(6-20)4-8(17-21)11(12,13)14/h4-5H,2-3,6H2,1H3,(H,16,22). The molecule has 118 valence electrons. The summed E-state index contributed by atoms with van der Waals surface area (Å²) >= 11 is 0. The van der Waals surface area contributed by atoms with Crippen LogP contribution in [0.15, 0.2) is 12.3 Å². The lowest BCUT2D eigenvalue weighted by molar-refractivity contribution is -0.141. The largest absolute Gasteiger partial charge is 0.435 e. The number of carbonyl (C=O) groups is 1. The lowest BCUT2D eigenvalue weighted by Crippen LogP contribution is -2.41. The van der Waals surface area contributed by atoms with E-state index in [9.17, 15) is 18.0 Å². The minimum Gasteiger partial charge on any atom is -0.317 e. The molecule has 22 heavy (non-hydrogen) atoms. The minimum absolute atomic E-state index is 0.0557. The quantitative estimate of drug-likeness (QED) is 0.854. The average molecular weight is 315 g/mol. The summed E-state index contributed by atoms with van der Waals surface area (Å²) in [7, 11) is 1.61. The van der Waals surface area contributed by atoms with Crippen LogP contribution >= 0.6 is 0 Å². The van der Waals surface area contributed by atoms with Crippen molar-refractivity contribution in [2.24, 2.45) is 7.05 Å². The molecule has 0 bridgehead atoms. The Kier molecular flexibility index (Phi) is 3.26. The van der Waals surface area contributed by atoms with Crippen molar-refractivity contribution in [2.75, 3.05) is 11.9 Å². The number of urea groups is 1. The number of hydrogen-bond acceptors (Lipinski definition) is 4. The second-order valence-corrected chi connectivity index (χ2v) is 4.84. The highest BCUT2D eigenvalue weighted by Crippen LogP contribution is 2.29. The smallest absolute Gasteiger partial charge is 0.317 e. The molecule has 1 aliphatic heterocycles. The van der Waals surface area contributed by atoms with Crippen LogP contribution in [0.5, 0.6) is 0 Å². The van der Waals surface area contributed by atoms with Crippen molar-refractivity contribution < 1.29 is 18.0 Å². The first kappa shape index (κ1) is 14.4. The van der Waals surface area contributed by atoms with E-state index in [0.29, 0.717) is 11.5 Å². The van der Waals surface area contributed by atoms with E-state index in [4.69, 9.17) is 0 Å². The van der Waals surface area contributed by atoms with E-state index in [0.717, 1.165) is 6.07 Å². The minimum atomic E-state index is -4.49. The number of rotatable bonds is 1. The monoisotopic (exact) mass is 315 g/mol. The maximum Gasteiger partial charge on any atom is 0.435 e. The van der Waals surface area contributed by atoms with Crippen LogP contribution < -0.4 is 5.32 Å². The van der Waals surface area contributed by atoms with Gasteiger partial charge in [-0.15, -0.1) is 5.10 Å². The van der Waals surface area contributed by atoms with Crippen LogP contribution in [0, 0.1) is 0 Å². The predicted molar refractivity (Wildman–Crippen MR) is 67.7 cm³/mol. The molecule has 1 N–H and O–H groups in total. The molecule has 0 aliphatic carbocycles. The van der Waals surface area contributed by atoms with Crippen molar-refractivity contribution in [1.82, 2.24) is 29.7 Å². The lowest BCUT2D eigenvalue weighted by Gasteiger charge is -2.27. The first-order valence-corrected chi connectivity index (χ1v) is 6.39. The zero-order chi connectivity index (χ0) is 15.9. The highest BCUT2D eigenvalue weighted by Gasteiger charge is 2.36. The fourth-order valence-electron chi connectivity index (χ4n) is 2.17. The lowest BCUT2D eigenvalue weighted by atomic mass is 10.3. The third-order valence-corrected chi connectivity index (χ3v) is 3.33. The maximum absolute atomic E-state index is 12.6. The van der Waals surface area contributed by atoms with E-state index in [1.165, 1.54) is 20.5 Å². The van der Waals surface area contributed by atoms with E-state index in [1.807, 2.05) is 0 Å². The normalized spacial score (nSPS) is 14.8. The maximum atomic E-state index is 12.6. The number of fused-ring (bicyclic) bond motifs is 1. The van der Waals surface area contributed by atoms with Crippen LogP contribution in [0.2, 0.25) is 0 Å². The van der Waals surface area contributed by atoms with Gasteiger partial charge in [-0.05, 0) is 6.07 Å². The number of alkyl halides is 3. The van der Waals surface area contributed by atoms with Crippen LogP contribution in [0.4, 0.5) is 23.8 Å². The van der Waals surface area contributed by atoms with Crippen LogP contribution in [-0.4, -0.2) is 42.3 Å².